The predicted octanol–water partition coefficient (Wildman–Crippen LogP) is 3.26. The third kappa shape index (κ3) is 5.38. The van der Waals surface area contributed by atoms with Crippen LogP contribution in [0.1, 0.15) is 43.9 Å². The van der Waals surface area contributed by atoms with Gasteiger partial charge in [0.05, 0.1) is 11.6 Å². The van der Waals surface area contributed by atoms with Crippen LogP contribution in [-0.2, 0) is 11.0 Å². The highest BCUT2D eigenvalue weighted by molar-refractivity contribution is 5.78. The minimum Gasteiger partial charge on any atom is -0.349 e. The zero-order valence-electron chi connectivity index (χ0n) is 12.2. The van der Waals surface area contributed by atoms with Crippen LogP contribution in [0.2, 0.25) is 0 Å². The zero-order valence-corrected chi connectivity index (χ0v) is 12.2. The van der Waals surface area contributed by atoms with Gasteiger partial charge in [0.25, 0.3) is 0 Å². The minimum absolute atomic E-state index is 0.173. The van der Waals surface area contributed by atoms with E-state index in [2.05, 4.69) is 5.32 Å². The molecule has 2 unspecified atom stereocenters. The lowest BCUT2D eigenvalue weighted by molar-refractivity contribution is -0.137. The molecule has 0 aromatic heterocycles. The molecule has 3 nitrogen and oxygen atoms in total. The van der Waals surface area contributed by atoms with E-state index >= 15 is 0 Å². The molecular weight excluding hydrogens is 281 g/mol. The van der Waals surface area contributed by atoms with Crippen LogP contribution in [0.4, 0.5) is 13.2 Å². The van der Waals surface area contributed by atoms with Gasteiger partial charge in [0.15, 0.2) is 0 Å². The van der Waals surface area contributed by atoms with Gasteiger partial charge in [0.2, 0.25) is 5.91 Å². The lowest BCUT2D eigenvalue weighted by Crippen LogP contribution is -2.32. The Kier molecular flexibility index (Phi) is 6.20. The summed E-state index contributed by atoms with van der Waals surface area (Å²) in [5, 5.41) is 2.74. The number of nitrogens with two attached hydrogens (primary N) is 1. The zero-order chi connectivity index (χ0) is 16.0. The molecule has 0 heterocycles. The Labute approximate surface area is 122 Å². The first kappa shape index (κ1) is 17.5. The van der Waals surface area contributed by atoms with Crippen molar-refractivity contribution in [2.45, 2.75) is 38.9 Å². The van der Waals surface area contributed by atoms with E-state index in [1.54, 1.807) is 19.9 Å². The topological polar surface area (TPSA) is 55.1 Å². The molecule has 0 saturated carbocycles. The molecule has 2 atom stereocenters. The second kappa shape index (κ2) is 7.45. The average molecular weight is 302 g/mol. The van der Waals surface area contributed by atoms with Gasteiger partial charge in [-0.25, -0.2) is 0 Å². The van der Waals surface area contributed by atoms with E-state index in [1.807, 2.05) is 0 Å². The van der Waals surface area contributed by atoms with Crippen LogP contribution in [0.3, 0.4) is 0 Å². The van der Waals surface area contributed by atoms with Crippen molar-refractivity contribution in [2.75, 3.05) is 6.54 Å². The second-order valence-electron chi connectivity index (χ2n) is 5.19. The van der Waals surface area contributed by atoms with E-state index in [1.165, 1.54) is 6.07 Å². The summed E-state index contributed by atoms with van der Waals surface area (Å²) in [6.45, 7) is 3.97. The molecule has 118 valence electrons. The van der Waals surface area contributed by atoms with Gasteiger partial charge in [-0.1, -0.05) is 19.1 Å². The van der Waals surface area contributed by atoms with E-state index in [4.69, 9.17) is 5.73 Å². The van der Waals surface area contributed by atoms with Crippen LogP contribution in [0.15, 0.2) is 24.3 Å². The fraction of sp³-hybridized carbons (Fsp3) is 0.533. The lowest BCUT2D eigenvalue weighted by Gasteiger charge is -2.19. The molecule has 1 aromatic carbocycles. The maximum absolute atomic E-state index is 12.7. The summed E-state index contributed by atoms with van der Waals surface area (Å²) in [5.41, 5.74) is 5.11. The van der Waals surface area contributed by atoms with Crippen molar-refractivity contribution in [3.05, 3.63) is 35.4 Å². The molecule has 1 amide bonds. The molecule has 0 bridgehead atoms. The molecule has 3 N–H and O–H groups in total. The highest BCUT2D eigenvalue weighted by Gasteiger charge is 2.30. The van der Waals surface area contributed by atoms with E-state index < -0.39 is 17.8 Å². The molecule has 21 heavy (non-hydrogen) atoms. The van der Waals surface area contributed by atoms with Gasteiger partial charge in [0.1, 0.15) is 0 Å². The first-order chi connectivity index (χ1) is 9.75. The third-order valence-corrected chi connectivity index (χ3v) is 3.36. The van der Waals surface area contributed by atoms with Crippen molar-refractivity contribution in [3.63, 3.8) is 0 Å². The Bertz CT molecular complexity index is 474. The SMILES string of the molecule is CC(CCCN)C(=O)NC(C)c1cccc(C(F)(F)F)c1. The Morgan fingerprint density at radius 2 is 2.00 bits per heavy atom. The molecular formula is C15H21F3N2O. The van der Waals surface area contributed by atoms with Crippen molar-refractivity contribution in [1.29, 1.82) is 0 Å². The lowest BCUT2D eigenvalue weighted by atomic mass is 10.0. The molecule has 0 aliphatic heterocycles. The first-order valence-electron chi connectivity index (χ1n) is 6.93. The number of carbonyl (C=O) groups is 1. The average Bonchev–Trinajstić information content (AvgIpc) is 2.43. The van der Waals surface area contributed by atoms with Crippen LogP contribution in [0, 0.1) is 5.92 Å². The monoisotopic (exact) mass is 302 g/mol. The highest BCUT2D eigenvalue weighted by atomic mass is 19.4. The van der Waals surface area contributed by atoms with Gasteiger partial charge >= 0.3 is 6.18 Å². The first-order valence-corrected chi connectivity index (χ1v) is 6.93. The summed E-state index contributed by atoms with van der Waals surface area (Å²) >= 11 is 0. The van der Waals surface area contributed by atoms with Crippen molar-refractivity contribution < 1.29 is 18.0 Å². The van der Waals surface area contributed by atoms with Gasteiger partial charge < -0.3 is 11.1 Å². The van der Waals surface area contributed by atoms with Gasteiger partial charge in [-0.15, -0.1) is 0 Å². The number of alkyl halides is 3. The predicted molar refractivity (Wildman–Crippen MR) is 75.5 cm³/mol. The molecule has 0 saturated heterocycles. The van der Waals surface area contributed by atoms with Crippen LogP contribution in [0.25, 0.3) is 0 Å². The number of nitrogens with one attached hydrogen (secondary N) is 1. The third-order valence-electron chi connectivity index (χ3n) is 3.36. The smallest absolute Gasteiger partial charge is 0.349 e. The van der Waals surface area contributed by atoms with E-state index in [0.717, 1.165) is 18.6 Å². The molecule has 6 heteroatoms. The molecule has 0 aliphatic carbocycles. The number of halogens is 3. The number of carbonyl (C=O) groups excluding carboxylic acids is 1. The van der Waals surface area contributed by atoms with Crippen LogP contribution in [-0.4, -0.2) is 12.5 Å². The van der Waals surface area contributed by atoms with Crippen molar-refractivity contribution >= 4 is 5.91 Å². The highest BCUT2D eigenvalue weighted by Crippen LogP contribution is 2.30. The van der Waals surface area contributed by atoms with Gasteiger partial charge in [0, 0.05) is 5.92 Å². The fourth-order valence-corrected chi connectivity index (χ4v) is 1.98. The summed E-state index contributed by atoms with van der Waals surface area (Å²) in [7, 11) is 0. The molecule has 0 spiro atoms. The van der Waals surface area contributed by atoms with Crippen LogP contribution < -0.4 is 11.1 Å². The molecule has 1 aromatic rings. The van der Waals surface area contributed by atoms with Gasteiger partial charge in [-0.05, 0) is 44.0 Å². The Morgan fingerprint density at radius 1 is 1.33 bits per heavy atom. The van der Waals surface area contributed by atoms with E-state index in [-0.39, 0.29) is 11.8 Å². The maximum atomic E-state index is 12.7. The summed E-state index contributed by atoms with van der Waals surface area (Å²) in [6, 6.07) is 4.53. The summed E-state index contributed by atoms with van der Waals surface area (Å²) < 4.78 is 38.0. The Balaban J connectivity index is 2.71. The second-order valence-corrected chi connectivity index (χ2v) is 5.19. The quantitative estimate of drug-likeness (QED) is 0.847. The Hall–Kier alpha value is -1.56. The molecule has 0 radical (unpaired) electrons. The number of hydrogen-bond donors (Lipinski definition) is 2. The summed E-state index contributed by atoms with van der Waals surface area (Å²) in [4.78, 5) is 11.9. The number of amides is 1. The van der Waals surface area contributed by atoms with Crippen LogP contribution in [0.5, 0.6) is 0 Å². The van der Waals surface area contributed by atoms with Crippen molar-refractivity contribution in [2.24, 2.45) is 11.7 Å². The standard InChI is InChI=1S/C15H21F3N2O/c1-10(5-4-8-19)14(21)20-11(2)12-6-3-7-13(9-12)15(16,17)18/h3,6-7,9-11H,4-5,8,19H2,1-2H3,(H,20,21). The van der Waals surface area contributed by atoms with Crippen molar-refractivity contribution in [3.8, 4) is 0 Å². The minimum atomic E-state index is -4.38. The molecule has 0 aliphatic rings. The number of benzene rings is 1. The largest absolute Gasteiger partial charge is 0.416 e. The van der Waals surface area contributed by atoms with Crippen LogP contribution >= 0.6 is 0 Å². The number of rotatable bonds is 6. The Morgan fingerprint density at radius 3 is 2.57 bits per heavy atom. The maximum Gasteiger partial charge on any atom is 0.416 e. The van der Waals surface area contributed by atoms with E-state index in [9.17, 15) is 18.0 Å². The van der Waals surface area contributed by atoms with Gasteiger partial charge in [-0.2, -0.15) is 13.2 Å². The van der Waals surface area contributed by atoms with E-state index in [0.29, 0.717) is 18.5 Å². The fourth-order valence-electron chi connectivity index (χ4n) is 1.98. The number of hydrogen-bond acceptors (Lipinski definition) is 2. The molecule has 0 fully saturated rings. The summed E-state index contributed by atoms with van der Waals surface area (Å²) in [6.07, 6.45) is -2.97. The van der Waals surface area contributed by atoms with Crippen molar-refractivity contribution in [1.82, 2.24) is 5.32 Å². The molecule has 1 rings (SSSR count). The van der Waals surface area contributed by atoms with Gasteiger partial charge in [-0.3, -0.25) is 4.79 Å². The normalized spacial score (nSPS) is 14.6. The summed E-state index contributed by atoms with van der Waals surface area (Å²) in [5.74, 6) is -0.379.